The van der Waals surface area contributed by atoms with Crippen LogP contribution in [0.4, 0.5) is 0 Å². The third-order valence-electron chi connectivity index (χ3n) is 2.81. The molecule has 0 aliphatic heterocycles. The van der Waals surface area contributed by atoms with Crippen LogP contribution in [0.2, 0.25) is 0 Å². The first-order chi connectivity index (χ1) is 8.70. The Balaban J connectivity index is 2.09. The van der Waals surface area contributed by atoms with Gasteiger partial charge in [-0.2, -0.15) is 0 Å². The van der Waals surface area contributed by atoms with Crippen molar-refractivity contribution in [1.82, 2.24) is 10.3 Å². The summed E-state index contributed by atoms with van der Waals surface area (Å²) in [5.74, 6) is 0. The molecule has 1 unspecified atom stereocenters. The number of halogens is 1. The van der Waals surface area contributed by atoms with E-state index in [0.717, 1.165) is 17.4 Å². The number of hydrogen-bond acceptors (Lipinski definition) is 3. The smallest absolute Gasteiger partial charge is 0.0972 e. The van der Waals surface area contributed by atoms with E-state index in [9.17, 15) is 0 Å². The lowest BCUT2D eigenvalue weighted by Gasteiger charge is -2.08. The van der Waals surface area contributed by atoms with Gasteiger partial charge in [-0.3, -0.25) is 0 Å². The van der Waals surface area contributed by atoms with Gasteiger partial charge in [-0.25, -0.2) is 4.98 Å². The van der Waals surface area contributed by atoms with Crippen LogP contribution in [0.5, 0.6) is 0 Å². The summed E-state index contributed by atoms with van der Waals surface area (Å²) < 4.78 is 1.15. The second kappa shape index (κ2) is 6.45. The third kappa shape index (κ3) is 3.40. The summed E-state index contributed by atoms with van der Waals surface area (Å²) in [4.78, 5) is 5.82. The zero-order valence-electron chi connectivity index (χ0n) is 10.6. The molecule has 0 fully saturated rings. The summed E-state index contributed by atoms with van der Waals surface area (Å²) in [7, 11) is 0. The number of benzene rings is 1. The Morgan fingerprint density at radius 2 is 2.17 bits per heavy atom. The standard InChI is InChI=1S/C14H17BrN2S/c1-3-16-10(2)13-9-17-14(18-13)8-11-6-4-5-7-12(11)15/h4-7,9-10,16H,3,8H2,1-2H3. The fourth-order valence-electron chi connectivity index (χ4n) is 1.82. The highest BCUT2D eigenvalue weighted by Gasteiger charge is 2.09. The lowest BCUT2D eigenvalue weighted by atomic mass is 10.2. The van der Waals surface area contributed by atoms with E-state index in [1.165, 1.54) is 15.4 Å². The average Bonchev–Trinajstić information content (AvgIpc) is 2.81. The monoisotopic (exact) mass is 324 g/mol. The van der Waals surface area contributed by atoms with Crippen LogP contribution in [0.15, 0.2) is 34.9 Å². The number of rotatable bonds is 5. The van der Waals surface area contributed by atoms with Crippen LogP contribution in [0, 0.1) is 0 Å². The molecular weight excluding hydrogens is 308 g/mol. The number of nitrogens with one attached hydrogen (secondary N) is 1. The van der Waals surface area contributed by atoms with Crippen LogP contribution in [0.1, 0.15) is 35.3 Å². The molecule has 1 atom stereocenters. The Kier molecular flexibility index (Phi) is 4.92. The van der Waals surface area contributed by atoms with Crippen molar-refractivity contribution in [2.75, 3.05) is 6.54 Å². The second-order valence-corrected chi connectivity index (χ2v) is 6.21. The van der Waals surface area contributed by atoms with Gasteiger partial charge in [0.25, 0.3) is 0 Å². The molecular formula is C14H17BrN2S. The van der Waals surface area contributed by atoms with Gasteiger partial charge in [0.05, 0.1) is 5.01 Å². The van der Waals surface area contributed by atoms with E-state index in [-0.39, 0.29) is 0 Å². The van der Waals surface area contributed by atoms with Gasteiger partial charge < -0.3 is 5.32 Å². The predicted octanol–water partition coefficient (Wildman–Crippen LogP) is 4.17. The number of hydrogen-bond donors (Lipinski definition) is 1. The van der Waals surface area contributed by atoms with Crippen molar-refractivity contribution in [2.45, 2.75) is 26.3 Å². The maximum atomic E-state index is 4.51. The molecule has 0 saturated heterocycles. The molecule has 0 bridgehead atoms. The Labute approximate surface area is 121 Å². The molecule has 1 aromatic heterocycles. The van der Waals surface area contributed by atoms with E-state index in [2.05, 4.69) is 58.3 Å². The lowest BCUT2D eigenvalue weighted by molar-refractivity contribution is 0.606. The minimum absolute atomic E-state index is 0.389. The van der Waals surface area contributed by atoms with Crippen LogP contribution in [0.25, 0.3) is 0 Å². The Morgan fingerprint density at radius 3 is 2.89 bits per heavy atom. The average molecular weight is 325 g/mol. The van der Waals surface area contributed by atoms with Crippen molar-refractivity contribution < 1.29 is 0 Å². The molecule has 2 aromatic rings. The Bertz CT molecular complexity index is 510. The summed E-state index contributed by atoms with van der Waals surface area (Å²) in [6.07, 6.45) is 2.88. The minimum atomic E-state index is 0.389. The second-order valence-electron chi connectivity index (χ2n) is 4.20. The molecule has 1 heterocycles. The summed E-state index contributed by atoms with van der Waals surface area (Å²) in [6, 6.07) is 8.70. The summed E-state index contributed by atoms with van der Waals surface area (Å²) in [6.45, 7) is 5.29. The highest BCUT2D eigenvalue weighted by molar-refractivity contribution is 9.10. The molecule has 0 aliphatic rings. The van der Waals surface area contributed by atoms with Gasteiger partial charge in [0.1, 0.15) is 0 Å². The van der Waals surface area contributed by atoms with Gasteiger partial charge in [-0.1, -0.05) is 41.1 Å². The number of nitrogens with zero attached hydrogens (tertiary/aromatic N) is 1. The first-order valence-electron chi connectivity index (χ1n) is 6.12. The maximum Gasteiger partial charge on any atom is 0.0972 e. The van der Waals surface area contributed by atoms with E-state index in [4.69, 9.17) is 0 Å². The molecule has 0 amide bonds. The van der Waals surface area contributed by atoms with E-state index >= 15 is 0 Å². The fourth-order valence-corrected chi connectivity index (χ4v) is 3.21. The predicted molar refractivity (Wildman–Crippen MR) is 81.2 cm³/mol. The molecule has 1 N–H and O–H groups in total. The topological polar surface area (TPSA) is 24.9 Å². The van der Waals surface area contributed by atoms with Gasteiger partial charge in [-0.15, -0.1) is 11.3 Å². The third-order valence-corrected chi connectivity index (χ3v) is 4.76. The first-order valence-corrected chi connectivity index (χ1v) is 7.73. The van der Waals surface area contributed by atoms with Crippen molar-refractivity contribution in [3.05, 3.63) is 50.4 Å². The summed E-state index contributed by atoms with van der Waals surface area (Å²) >= 11 is 5.37. The molecule has 2 rings (SSSR count). The Hall–Kier alpha value is -0.710. The van der Waals surface area contributed by atoms with Crippen LogP contribution in [-0.2, 0) is 6.42 Å². The van der Waals surface area contributed by atoms with Crippen molar-refractivity contribution in [1.29, 1.82) is 0 Å². The molecule has 0 aliphatic carbocycles. The van der Waals surface area contributed by atoms with Gasteiger partial charge in [-0.05, 0) is 25.1 Å². The SMILES string of the molecule is CCNC(C)c1cnc(Cc2ccccc2Br)s1. The van der Waals surface area contributed by atoms with Gasteiger partial charge in [0, 0.05) is 28.0 Å². The fraction of sp³-hybridized carbons (Fsp3) is 0.357. The molecule has 2 nitrogen and oxygen atoms in total. The zero-order valence-corrected chi connectivity index (χ0v) is 13.0. The van der Waals surface area contributed by atoms with Crippen LogP contribution in [0.3, 0.4) is 0 Å². The van der Waals surface area contributed by atoms with E-state index in [1.54, 1.807) is 11.3 Å². The largest absolute Gasteiger partial charge is 0.310 e. The molecule has 18 heavy (non-hydrogen) atoms. The van der Waals surface area contributed by atoms with Crippen LogP contribution in [-0.4, -0.2) is 11.5 Å². The highest BCUT2D eigenvalue weighted by Crippen LogP contribution is 2.25. The quantitative estimate of drug-likeness (QED) is 0.892. The zero-order chi connectivity index (χ0) is 13.0. The van der Waals surface area contributed by atoms with Crippen molar-refractivity contribution in [2.24, 2.45) is 0 Å². The lowest BCUT2D eigenvalue weighted by Crippen LogP contribution is -2.16. The molecule has 96 valence electrons. The van der Waals surface area contributed by atoms with E-state index in [0.29, 0.717) is 6.04 Å². The summed E-state index contributed by atoms with van der Waals surface area (Å²) in [5, 5.41) is 4.58. The van der Waals surface area contributed by atoms with Gasteiger partial charge in [0.2, 0.25) is 0 Å². The van der Waals surface area contributed by atoms with Crippen molar-refractivity contribution in [3.8, 4) is 0 Å². The van der Waals surface area contributed by atoms with Crippen molar-refractivity contribution in [3.63, 3.8) is 0 Å². The van der Waals surface area contributed by atoms with Gasteiger partial charge >= 0.3 is 0 Å². The maximum absolute atomic E-state index is 4.51. The minimum Gasteiger partial charge on any atom is -0.310 e. The van der Waals surface area contributed by atoms with Crippen LogP contribution >= 0.6 is 27.3 Å². The normalized spacial score (nSPS) is 12.6. The van der Waals surface area contributed by atoms with Crippen molar-refractivity contribution >= 4 is 27.3 Å². The van der Waals surface area contributed by atoms with Crippen LogP contribution < -0.4 is 5.32 Å². The molecule has 1 aromatic carbocycles. The molecule has 4 heteroatoms. The van der Waals surface area contributed by atoms with Gasteiger partial charge in [0.15, 0.2) is 0 Å². The molecule has 0 saturated carbocycles. The highest BCUT2D eigenvalue weighted by atomic mass is 79.9. The Morgan fingerprint density at radius 1 is 1.39 bits per heavy atom. The summed E-state index contributed by atoms with van der Waals surface area (Å²) in [5.41, 5.74) is 1.29. The molecule has 0 radical (unpaired) electrons. The first kappa shape index (κ1) is 13.7. The van der Waals surface area contributed by atoms with E-state index in [1.807, 2.05) is 12.3 Å². The number of thiazole rings is 1. The number of aromatic nitrogens is 1. The van der Waals surface area contributed by atoms with E-state index < -0.39 is 0 Å². The molecule has 0 spiro atoms.